The number of hydrogen-bond acceptors (Lipinski definition) is 2. The molecule has 3 heteroatoms. The number of unbranched alkanes of at least 4 members (excludes halogenated alkanes) is 2. The molecular formula is C18H26ClNO. The van der Waals surface area contributed by atoms with Crippen LogP contribution < -0.4 is 0 Å². The summed E-state index contributed by atoms with van der Waals surface area (Å²) >= 11 is 5.86. The Balaban J connectivity index is 2.63. The first-order valence-corrected chi connectivity index (χ1v) is 8.03. The fourth-order valence-electron chi connectivity index (χ4n) is 2.29. The molecule has 2 nitrogen and oxygen atoms in total. The summed E-state index contributed by atoms with van der Waals surface area (Å²) < 4.78 is 0. The normalized spacial score (nSPS) is 13.0. The van der Waals surface area contributed by atoms with E-state index in [1.165, 1.54) is 12.8 Å². The SMILES string of the molecule is CCCCC[C@H](CN(C)C)C(=O)/C=C/c1ccc(Cl)cc1. The van der Waals surface area contributed by atoms with E-state index >= 15 is 0 Å². The number of rotatable bonds is 9. The van der Waals surface area contributed by atoms with Gasteiger partial charge in [0.15, 0.2) is 5.78 Å². The van der Waals surface area contributed by atoms with Gasteiger partial charge < -0.3 is 4.90 Å². The molecule has 116 valence electrons. The van der Waals surface area contributed by atoms with Crippen molar-refractivity contribution in [3.05, 3.63) is 40.9 Å². The maximum absolute atomic E-state index is 12.4. The van der Waals surface area contributed by atoms with Gasteiger partial charge in [-0.3, -0.25) is 4.79 Å². The average molecular weight is 308 g/mol. The van der Waals surface area contributed by atoms with Crippen LogP contribution in [-0.4, -0.2) is 31.3 Å². The van der Waals surface area contributed by atoms with Gasteiger partial charge in [0.25, 0.3) is 0 Å². The van der Waals surface area contributed by atoms with Crippen LogP contribution >= 0.6 is 11.6 Å². The van der Waals surface area contributed by atoms with Gasteiger partial charge in [-0.1, -0.05) is 56.0 Å². The van der Waals surface area contributed by atoms with E-state index in [9.17, 15) is 4.79 Å². The molecule has 0 aromatic heterocycles. The second kappa shape index (κ2) is 9.75. The van der Waals surface area contributed by atoms with E-state index in [2.05, 4.69) is 11.8 Å². The van der Waals surface area contributed by atoms with Gasteiger partial charge in [-0.2, -0.15) is 0 Å². The maximum atomic E-state index is 12.4. The molecule has 21 heavy (non-hydrogen) atoms. The third-order valence-electron chi connectivity index (χ3n) is 3.45. The standard InChI is InChI=1S/C18H26ClNO/c1-4-5-6-7-16(14-20(2)3)18(21)13-10-15-8-11-17(19)12-9-15/h8-13,16H,4-7,14H2,1-3H3/b13-10+/t16-/m1/s1. The zero-order valence-electron chi connectivity index (χ0n) is 13.3. The summed E-state index contributed by atoms with van der Waals surface area (Å²) in [7, 11) is 4.03. The Bertz CT molecular complexity index is 451. The summed E-state index contributed by atoms with van der Waals surface area (Å²) in [6, 6.07) is 7.52. The number of ketones is 1. The van der Waals surface area contributed by atoms with E-state index in [4.69, 9.17) is 11.6 Å². The Morgan fingerprint density at radius 3 is 2.48 bits per heavy atom. The van der Waals surface area contributed by atoms with Crippen molar-refractivity contribution in [2.45, 2.75) is 32.6 Å². The highest BCUT2D eigenvalue weighted by molar-refractivity contribution is 6.30. The molecular weight excluding hydrogens is 282 g/mol. The summed E-state index contributed by atoms with van der Waals surface area (Å²) in [4.78, 5) is 14.5. The van der Waals surface area contributed by atoms with Crippen LogP contribution in [0.25, 0.3) is 6.08 Å². The zero-order chi connectivity index (χ0) is 15.7. The fraction of sp³-hybridized carbons (Fsp3) is 0.500. The molecule has 0 heterocycles. The van der Waals surface area contributed by atoms with Crippen molar-refractivity contribution in [2.24, 2.45) is 5.92 Å². The van der Waals surface area contributed by atoms with Gasteiger partial charge in [0.1, 0.15) is 0 Å². The Hall–Kier alpha value is -1.12. The molecule has 1 rings (SSSR count). The first kappa shape index (κ1) is 17.9. The van der Waals surface area contributed by atoms with Crippen molar-refractivity contribution >= 4 is 23.5 Å². The molecule has 0 unspecified atom stereocenters. The van der Waals surface area contributed by atoms with Crippen molar-refractivity contribution in [1.82, 2.24) is 4.90 Å². The van der Waals surface area contributed by atoms with E-state index in [0.29, 0.717) is 5.02 Å². The minimum Gasteiger partial charge on any atom is -0.309 e. The van der Waals surface area contributed by atoms with Crippen LogP contribution in [-0.2, 0) is 4.79 Å². The molecule has 0 radical (unpaired) electrons. The van der Waals surface area contributed by atoms with Gasteiger partial charge in [-0.25, -0.2) is 0 Å². The summed E-state index contributed by atoms with van der Waals surface area (Å²) in [5, 5.41) is 0.712. The van der Waals surface area contributed by atoms with Gasteiger partial charge in [0.2, 0.25) is 0 Å². The molecule has 0 bridgehead atoms. The van der Waals surface area contributed by atoms with Gasteiger partial charge in [0, 0.05) is 17.5 Å². The molecule has 1 aromatic rings. The summed E-state index contributed by atoms with van der Waals surface area (Å²) in [6.45, 7) is 3.00. The highest BCUT2D eigenvalue weighted by Gasteiger charge is 2.16. The van der Waals surface area contributed by atoms with Gasteiger partial charge in [0.05, 0.1) is 0 Å². The molecule has 1 aromatic carbocycles. The largest absolute Gasteiger partial charge is 0.309 e. The first-order chi connectivity index (χ1) is 10.0. The lowest BCUT2D eigenvalue weighted by Gasteiger charge is -2.18. The van der Waals surface area contributed by atoms with E-state index < -0.39 is 0 Å². The number of benzene rings is 1. The lowest BCUT2D eigenvalue weighted by molar-refractivity contribution is -0.118. The van der Waals surface area contributed by atoms with Gasteiger partial charge >= 0.3 is 0 Å². The topological polar surface area (TPSA) is 20.3 Å². The van der Waals surface area contributed by atoms with Gasteiger partial charge in [-0.05, 0) is 44.3 Å². The van der Waals surface area contributed by atoms with Crippen LogP contribution in [0.2, 0.25) is 5.02 Å². The quantitative estimate of drug-likeness (QED) is 0.487. The minimum atomic E-state index is 0.0927. The third kappa shape index (κ3) is 7.45. The summed E-state index contributed by atoms with van der Waals surface area (Å²) in [5.74, 6) is 0.310. The number of hydrogen-bond donors (Lipinski definition) is 0. The Labute approximate surface area is 133 Å². The molecule has 0 aliphatic heterocycles. The molecule has 0 saturated heterocycles. The predicted molar refractivity (Wildman–Crippen MR) is 91.7 cm³/mol. The van der Waals surface area contributed by atoms with Crippen LogP contribution in [0.1, 0.15) is 38.2 Å². The third-order valence-corrected chi connectivity index (χ3v) is 3.71. The second-order valence-electron chi connectivity index (χ2n) is 5.74. The monoisotopic (exact) mass is 307 g/mol. The zero-order valence-corrected chi connectivity index (χ0v) is 14.1. The molecule has 0 saturated carbocycles. The molecule has 0 amide bonds. The van der Waals surface area contributed by atoms with E-state index in [1.54, 1.807) is 6.08 Å². The highest BCUT2D eigenvalue weighted by Crippen LogP contribution is 2.15. The molecule has 0 fully saturated rings. The minimum absolute atomic E-state index is 0.0927. The van der Waals surface area contributed by atoms with Gasteiger partial charge in [-0.15, -0.1) is 0 Å². The molecule has 1 atom stereocenters. The fourth-order valence-corrected chi connectivity index (χ4v) is 2.42. The van der Waals surface area contributed by atoms with E-state index in [0.717, 1.165) is 24.9 Å². The smallest absolute Gasteiger partial charge is 0.160 e. The number of nitrogens with zero attached hydrogens (tertiary/aromatic N) is 1. The van der Waals surface area contributed by atoms with E-state index in [1.807, 2.05) is 44.4 Å². The Morgan fingerprint density at radius 1 is 1.24 bits per heavy atom. The summed E-state index contributed by atoms with van der Waals surface area (Å²) in [6.07, 6.45) is 8.05. The summed E-state index contributed by atoms with van der Waals surface area (Å²) in [5.41, 5.74) is 1.00. The average Bonchev–Trinajstić information content (AvgIpc) is 2.45. The van der Waals surface area contributed by atoms with Crippen molar-refractivity contribution in [1.29, 1.82) is 0 Å². The van der Waals surface area contributed by atoms with Crippen LogP contribution in [0.15, 0.2) is 30.3 Å². The van der Waals surface area contributed by atoms with E-state index in [-0.39, 0.29) is 11.7 Å². The van der Waals surface area contributed by atoms with Crippen molar-refractivity contribution in [3.63, 3.8) is 0 Å². The lowest BCUT2D eigenvalue weighted by atomic mass is 9.95. The number of halogens is 1. The lowest BCUT2D eigenvalue weighted by Crippen LogP contribution is -2.27. The number of carbonyl (C=O) groups excluding carboxylic acids is 1. The van der Waals surface area contributed by atoms with Crippen LogP contribution in [0.5, 0.6) is 0 Å². The molecule has 0 aliphatic carbocycles. The first-order valence-electron chi connectivity index (χ1n) is 7.65. The Kier molecular flexibility index (Phi) is 8.33. The molecule has 0 aliphatic rings. The van der Waals surface area contributed by atoms with Crippen molar-refractivity contribution < 1.29 is 4.79 Å². The van der Waals surface area contributed by atoms with Crippen molar-refractivity contribution in [3.8, 4) is 0 Å². The Morgan fingerprint density at radius 2 is 1.90 bits per heavy atom. The van der Waals surface area contributed by atoms with Crippen LogP contribution in [0, 0.1) is 5.92 Å². The number of allylic oxidation sites excluding steroid dienone is 1. The van der Waals surface area contributed by atoms with Crippen LogP contribution in [0.4, 0.5) is 0 Å². The molecule has 0 N–H and O–H groups in total. The predicted octanol–water partition coefficient (Wildman–Crippen LogP) is 4.68. The number of carbonyl (C=O) groups is 1. The van der Waals surface area contributed by atoms with Crippen LogP contribution in [0.3, 0.4) is 0 Å². The maximum Gasteiger partial charge on any atom is 0.160 e. The highest BCUT2D eigenvalue weighted by atomic mass is 35.5. The second-order valence-corrected chi connectivity index (χ2v) is 6.18. The van der Waals surface area contributed by atoms with Crippen molar-refractivity contribution in [2.75, 3.05) is 20.6 Å². The molecule has 0 spiro atoms.